The fourth-order valence-corrected chi connectivity index (χ4v) is 3.19. The number of hydrogen-bond acceptors (Lipinski definition) is 3. The molecule has 96 valence electrons. The lowest BCUT2D eigenvalue weighted by molar-refractivity contribution is 0.625. The number of thiazole rings is 1. The van der Waals surface area contributed by atoms with Crippen LogP contribution in [0.5, 0.6) is 0 Å². The van der Waals surface area contributed by atoms with E-state index in [1.165, 1.54) is 12.1 Å². The smallest absolute Gasteiger partial charge is 0.124 e. The van der Waals surface area contributed by atoms with Gasteiger partial charge in [-0.05, 0) is 23.6 Å². The van der Waals surface area contributed by atoms with Gasteiger partial charge in [0.1, 0.15) is 10.8 Å². The van der Waals surface area contributed by atoms with Gasteiger partial charge < -0.3 is 5.73 Å². The summed E-state index contributed by atoms with van der Waals surface area (Å²) in [5.41, 5.74) is 8.07. The van der Waals surface area contributed by atoms with E-state index in [1.807, 2.05) is 5.38 Å². The predicted octanol–water partition coefficient (Wildman–Crippen LogP) is 4.22. The fraction of sp³-hybridized carbons (Fsp3) is 0.308. The van der Waals surface area contributed by atoms with E-state index in [4.69, 9.17) is 5.73 Å². The van der Waals surface area contributed by atoms with Gasteiger partial charge >= 0.3 is 0 Å². The first kappa shape index (κ1) is 13.6. The minimum absolute atomic E-state index is 0.278. The zero-order chi connectivity index (χ0) is 13.3. The van der Waals surface area contributed by atoms with E-state index in [0.717, 1.165) is 16.3 Å². The van der Waals surface area contributed by atoms with Crippen molar-refractivity contribution in [3.8, 4) is 0 Å². The van der Waals surface area contributed by atoms with Gasteiger partial charge in [-0.2, -0.15) is 0 Å². The Kier molecular flexibility index (Phi) is 4.14. The molecule has 0 radical (unpaired) electrons. The third-order valence-electron chi connectivity index (χ3n) is 2.69. The maximum absolute atomic E-state index is 13.0. The summed E-state index contributed by atoms with van der Waals surface area (Å²) in [7, 11) is 0. The van der Waals surface area contributed by atoms with E-state index in [1.54, 1.807) is 17.4 Å². The normalized spacial score (nSPS) is 13.0. The largest absolute Gasteiger partial charge is 0.318 e. The molecule has 5 heteroatoms. The molecule has 0 aliphatic heterocycles. The van der Waals surface area contributed by atoms with Crippen LogP contribution in [0.4, 0.5) is 4.39 Å². The maximum atomic E-state index is 13.0. The Morgan fingerprint density at radius 2 is 2.11 bits per heavy atom. The molecule has 0 fully saturated rings. The van der Waals surface area contributed by atoms with Crippen molar-refractivity contribution in [2.45, 2.75) is 25.8 Å². The van der Waals surface area contributed by atoms with Crippen molar-refractivity contribution >= 4 is 27.3 Å². The zero-order valence-electron chi connectivity index (χ0n) is 10.2. The molecular formula is C13H14BrFN2S. The van der Waals surface area contributed by atoms with Crippen LogP contribution in [0.2, 0.25) is 0 Å². The van der Waals surface area contributed by atoms with Crippen LogP contribution in [-0.2, 0) is 0 Å². The molecule has 0 spiro atoms. The summed E-state index contributed by atoms with van der Waals surface area (Å²) in [4.78, 5) is 4.53. The van der Waals surface area contributed by atoms with Crippen molar-refractivity contribution in [2.24, 2.45) is 5.73 Å². The van der Waals surface area contributed by atoms with Crippen LogP contribution in [-0.4, -0.2) is 4.98 Å². The molecule has 2 nitrogen and oxygen atoms in total. The van der Waals surface area contributed by atoms with Crippen molar-refractivity contribution < 1.29 is 4.39 Å². The number of aromatic nitrogens is 1. The molecule has 0 bridgehead atoms. The zero-order valence-corrected chi connectivity index (χ0v) is 12.6. The van der Waals surface area contributed by atoms with Gasteiger partial charge in [0.2, 0.25) is 0 Å². The predicted molar refractivity (Wildman–Crippen MR) is 76.3 cm³/mol. The summed E-state index contributed by atoms with van der Waals surface area (Å²) in [6.07, 6.45) is 0. The molecule has 1 unspecified atom stereocenters. The van der Waals surface area contributed by atoms with E-state index < -0.39 is 0 Å². The summed E-state index contributed by atoms with van der Waals surface area (Å²) in [6, 6.07) is 4.21. The van der Waals surface area contributed by atoms with Gasteiger partial charge in [0, 0.05) is 9.85 Å². The van der Waals surface area contributed by atoms with Gasteiger partial charge in [-0.15, -0.1) is 11.3 Å². The van der Waals surface area contributed by atoms with E-state index >= 15 is 0 Å². The van der Waals surface area contributed by atoms with Crippen molar-refractivity contribution in [3.05, 3.63) is 50.1 Å². The molecule has 1 aromatic carbocycles. The van der Waals surface area contributed by atoms with Crippen LogP contribution < -0.4 is 5.73 Å². The second kappa shape index (κ2) is 5.47. The second-order valence-corrected chi connectivity index (χ2v) is 6.15. The SMILES string of the molecule is CC(C)c1csc(C(N)c2ccc(F)cc2Br)n1. The van der Waals surface area contributed by atoms with Crippen molar-refractivity contribution in [2.75, 3.05) is 0 Å². The summed E-state index contributed by atoms with van der Waals surface area (Å²) in [6.45, 7) is 4.19. The lowest BCUT2D eigenvalue weighted by atomic mass is 10.1. The molecule has 1 aromatic heterocycles. The summed E-state index contributed by atoms with van der Waals surface area (Å²) in [5.74, 6) is 0.110. The van der Waals surface area contributed by atoms with Crippen LogP contribution in [0.25, 0.3) is 0 Å². The quantitative estimate of drug-likeness (QED) is 0.916. The van der Waals surface area contributed by atoms with Crippen LogP contribution >= 0.6 is 27.3 Å². The molecule has 2 N–H and O–H groups in total. The molecule has 1 atom stereocenters. The first-order chi connectivity index (χ1) is 8.49. The van der Waals surface area contributed by atoms with Crippen molar-refractivity contribution in [3.63, 3.8) is 0 Å². The van der Waals surface area contributed by atoms with Gasteiger partial charge in [0.05, 0.1) is 11.7 Å². The van der Waals surface area contributed by atoms with Crippen LogP contribution in [0.15, 0.2) is 28.1 Å². The van der Waals surface area contributed by atoms with E-state index in [0.29, 0.717) is 10.4 Å². The number of nitrogens with zero attached hydrogens (tertiary/aromatic N) is 1. The molecule has 18 heavy (non-hydrogen) atoms. The lowest BCUT2D eigenvalue weighted by Crippen LogP contribution is -2.12. The van der Waals surface area contributed by atoms with E-state index in [9.17, 15) is 4.39 Å². The van der Waals surface area contributed by atoms with Gasteiger partial charge in [-0.25, -0.2) is 9.37 Å². The first-order valence-corrected chi connectivity index (χ1v) is 7.32. The highest BCUT2D eigenvalue weighted by molar-refractivity contribution is 9.10. The van der Waals surface area contributed by atoms with Crippen LogP contribution in [0.3, 0.4) is 0 Å². The third-order valence-corrected chi connectivity index (χ3v) is 4.33. The molecule has 2 rings (SSSR count). The highest BCUT2D eigenvalue weighted by atomic mass is 79.9. The monoisotopic (exact) mass is 328 g/mol. The Morgan fingerprint density at radius 3 is 2.67 bits per heavy atom. The van der Waals surface area contributed by atoms with Gasteiger partial charge in [0.25, 0.3) is 0 Å². The highest BCUT2D eigenvalue weighted by Gasteiger charge is 2.17. The topological polar surface area (TPSA) is 38.9 Å². The van der Waals surface area contributed by atoms with Crippen LogP contribution in [0, 0.1) is 5.82 Å². The van der Waals surface area contributed by atoms with Gasteiger partial charge in [-0.3, -0.25) is 0 Å². The number of rotatable bonds is 3. The first-order valence-electron chi connectivity index (χ1n) is 5.65. The average Bonchev–Trinajstić information content (AvgIpc) is 2.77. The molecule has 0 amide bonds. The Labute approximate surface area is 118 Å². The third kappa shape index (κ3) is 2.79. The standard InChI is InChI=1S/C13H14BrFN2S/c1-7(2)11-6-18-13(17-11)12(16)9-4-3-8(15)5-10(9)14/h3-7,12H,16H2,1-2H3. The Hall–Kier alpha value is -0.780. The molecular weight excluding hydrogens is 315 g/mol. The molecule has 0 saturated carbocycles. The van der Waals surface area contributed by atoms with E-state index in [2.05, 4.69) is 34.8 Å². The molecule has 0 aliphatic rings. The van der Waals surface area contributed by atoms with Crippen LogP contribution in [0.1, 0.15) is 42.1 Å². The van der Waals surface area contributed by atoms with Crippen molar-refractivity contribution in [1.29, 1.82) is 0 Å². The van der Waals surface area contributed by atoms with E-state index in [-0.39, 0.29) is 11.9 Å². The second-order valence-electron chi connectivity index (χ2n) is 4.41. The Bertz CT molecular complexity index is 554. The minimum atomic E-state index is -0.322. The number of hydrogen-bond donors (Lipinski definition) is 1. The summed E-state index contributed by atoms with van der Waals surface area (Å²) < 4.78 is 13.7. The highest BCUT2D eigenvalue weighted by Crippen LogP contribution is 2.30. The Morgan fingerprint density at radius 1 is 1.39 bits per heavy atom. The minimum Gasteiger partial charge on any atom is -0.318 e. The summed E-state index contributed by atoms with van der Waals surface area (Å²) in [5, 5.41) is 2.88. The molecule has 0 saturated heterocycles. The lowest BCUT2D eigenvalue weighted by Gasteiger charge is -2.11. The molecule has 0 aliphatic carbocycles. The average molecular weight is 329 g/mol. The van der Waals surface area contributed by atoms with Gasteiger partial charge in [-0.1, -0.05) is 35.8 Å². The molecule has 1 heterocycles. The number of benzene rings is 1. The fourth-order valence-electron chi connectivity index (χ4n) is 1.60. The van der Waals surface area contributed by atoms with Crippen molar-refractivity contribution in [1.82, 2.24) is 4.98 Å². The summed E-state index contributed by atoms with van der Waals surface area (Å²) >= 11 is 4.88. The number of nitrogens with two attached hydrogens (primary N) is 1. The maximum Gasteiger partial charge on any atom is 0.124 e. The number of halogens is 2. The van der Waals surface area contributed by atoms with Gasteiger partial charge in [0.15, 0.2) is 0 Å². The molecule has 2 aromatic rings. The Balaban J connectivity index is 2.32.